The Labute approximate surface area is 130 Å². The highest BCUT2D eigenvalue weighted by Gasteiger charge is 2.09. The zero-order valence-corrected chi connectivity index (χ0v) is 13.0. The number of carbonyl (C=O) groups excluding carboxylic acids is 2. The Morgan fingerprint density at radius 2 is 1.90 bits per heavy atom. The molecule has 0 aliphatic carbocycles. The number of aromatic nitrogens is 2. The van der Waals surface area contributed by atoms with Gasteiger partial charge in [0.15, 0.2) is 0 Å². The van der Waals surface area contributed by atoms with Gasteiger partial charge in [0.25, 0.3) is 0 Å². The minimum atomic E-state index is 0. The summed E-state index contributed by atoms with van der Waals surface area (Å²) in [5, 5.41) is 4.64. The van der Waals surface area contributed by atoms with Crippen LogP contribution in [0.1, 0.15) is 18.2 Å². The highest BCUT2D eigenvalue weighted by molar-refractivity contribution is 5.85. The Balaban J connectivity index is 0.000000922. The van der Waals surface area contributed by atoms with Crippen molar-refractivity contribution in [3.05, 3.63) is 41.6 Å². The SMILES string of the molecule is CCc1cc(-c2ccccc2C)nn1CCN.Cl.O=C=O. The molecule has 1 aromatic carbocycles. The molecule has 21 heavy (non-hydrogen) atoms. The molecule has 1 heterocycles. The summed E-state index contributed by atoms with van der Waals surface area (Å²) in [5.74, 6) is 0. The summed E-state index contributed by atoms with van der Waals surface area (Å²) < 4.78 is 2.02. The zero-order valence-electron chi connectivity index (χ0n) is 12.2. The summed E-state index contributed by atoms with van der Waals surface area (Å²) in [4.78, 5) is 16.2. The standard InChI is InChI=1S/C14H19N3.CO2.ClH/c1-3-12-10-14(16-17(12)9-8-15)13-7-5-4-6-11(13)2;2-1-3;/h4-7,10H,3,8-9,15H2,1-2H3;;1H. The van der Waals surface area contributed by atoms with Gasteiger partial charge in [-0.2, -0.15) is 14.7 Å². The van der Waals surface area contributed by atoms with Crippen molar-refractivity contribution in [1.29, 1.82) is 0 Å². The van der Waals surface area contributed by atoms with Crippen molar-refractivity contribution in [3.8, 4) is 11.3 Å². The summed E-state index contributed by atoms with van der Waals surface area (Å²) in [7, 11) is 0. The van der Waals surface area contributed by atoms with Gasteiger partial charge < -0.3 is 5.73 Å². The molecule has 0 unspecified atom stereocenters. The van der Waals surface area contributed by atoms with E-state index in [4.69, 9.17) is 15.3 Å². The minimum Gasteiger partial charge on any atom is -0.329 e. The highest BCUT2D eigenvalue weighted by Crippen LogP contribution is 2.22. The van der Waals surface area contributed by atoms with Gasteiger partial charge in [0.2, 0.25) is 0 Å². The van der Waals surface area contributed by atoms with Gasteiger partial charge >= 0.3 is 6.15 Å². The lowest BCUT2D eigenvalue weighted by molar-refractivity contribution is -0.191. The zero-order chi connectivity index (χ0) is 15.0. The van der Waals surface area contributed by atoms with E-state index < -0.39 is 0 Å². The molecule has 0 saturated heterocycles. The second-order valence-electron chi connectivity index (χ2n) is 4.28. The molecule has 0 saturated carbocycles. The van der Waals surface area contributed by atoms with Crippen molar-refractivity contribution >= 4 is 18.6 Å². The molecule has 0 aliphatic rings. The number of aryl methyl sites for hydroxylation is 2. The van der Waals surface area contributed by atoms with Crippen LogP contribution in [0.3, 0.4) is 0 Å². The van der Waals surface area contributed by atoms with Crippen molar-refractivity contribution in [2.75, 3.05) is 6.54 Å². The van der Waals surface area contributed by atoms with E-state index in [1.807, 2.05) is 4.68 Å². The van der Waals surface area contributed by atoms with E-state index >= 15 is 0 Å². The first-order chi connectivity index (χ1) is 9.67. The van der Waals surface area contributed by atoms with Crippen molar-refractivity contribution in [2.45, 2.75) is 26.8 Å². The maximum absolute atomic E-state index is 8.12. The normalized spacial score (nSPS) is 9.10. The fourth-order valence-corrected chi connectivity index (χ4v) is 2.05. The fourth-order valence-electron chi connectivity index (χ4n) is 2.05. The molecular weight excluding hydrogens is 290 g/mol. The van der Waals surface area contributed by atoms with Crippen LogP contribution in [0.4, 0.5) is 0 Å². The second kappa shape index (κ2) is 9.88. The van der Waals surface area contributed by atoms with Gasteiger partial charge in [0.1, 0.15) is 0 Å². The van der Waals surface area contributed by atoms with Crippen LogP contribution < -0.4 is 5.73 Å². The van der Waals surface area contributed by atoms with Crippen LogP contribution in [-0.4, -0.2) is 22.5 Å². The van der Waals surface area contributed by atoms with Gasteiger partial charge in [-0.3, -0.25) is 4.68 Å². The molecule has 0 radical (unpaired) electrons. The van der Waals surface area contributed by atoms with Gasteiger partial charge in [0, 0.05) is 17.8 Å². The molecule has 0 bridgehead atoms. The van der Waals surface area contributed by atoms with Crippen LogP contribution in [0.25, 0.3) is 11.3 Å². The lowest BCUT2D eigenvalue weighted by atomic mass is 10.1. The van der Waals surface area contributed by atoms with E-state index in [9.17, 15) is 0 Å². The Morgan fingerprint density at radius 3 is 2.43 bits per heavy atom. The van der Waals surface area contributed by atoms with Crippen LogP contribution in [-0.2, 0) is 22.6 Å². The Hall–Kier alpha value is -1.94. The first-order valence-corrected chi connectivity index (χ1v) is 6.50. The van der Waals surface area contributed by atoms with Gasteiger partial charge in [-0.05, 0) is 25.0 Å². The van der Waals surface area contributed by atoms with Crippen LogP contribution in [0.15, 0.2) is 30.3 Å². The van der Waals surface area contributed by atoms with Crippen LogP contribution in [0, 0.1) is 6.92 Å². The minimum absolute atomic E-state index is 0. The Kier molecular flexibility index (Phi) is 8.97. The van der Waals surface area contributed by atoms with Gasteiger partial charge in [-0.1, -0.05) is 31.2 Å². The number of nitrogens with zero attached hydrogens (tertiary/aromatic N) is 2. The molecule has 0 aliphatic heterocycles. The number of nitrogens with two attached hydrogens (primary N) is 1. The maximum atomic E-state index is 8.12. The second-order valence-corrected chi connectivity index (χ2v) is 4.28. The van der Waals surface area contributed by atoms with E-state index in [0.29, 0.717) is 6.54 Å². The maximum Gasteiger partial charge on any atom is 0.373 e. The van der Waals surface area contributed by atoms with Gasteiger partial charge in [-0.25, -0.2) is 0 Å². The molecule has 2 aromatic rings. The molecule has 0 atom stereocenters. The molecule has 2 rings (SSSR count). The smallest absolute Gasteiger partial charge is 0.329 e. The Bertz CT molecular complexity index is 590. The van der Waals surface area contributed by atoms with Crippen molar-refractivity contribution in [3.63, 3.8) is 0 Å². The molecule has 5 nitrogen and oxygen atoms in total. The van der Waals surface area contributed by atoms with E-state index in [-0.39, 0.29) is 18.6 Å². The number of hydrogen-bond donors (Lipinski definition) is 1. The number of rotatable bonds is 4. The third-order valence-corrected chi connectivity index (χ3v) is 2.99. The average Bonchev–Trinajstić information content (AvgIpc) is 2.83. The summed E-state index contributed by atoms with van der Waals surface area (Å²) in [6, 6.07) is 10.5. The molecule has 0 spiro atoms. The summed E-state index contributed by atoms with van der Waals surface area (Å²) in [6.45, 7) is 5.67. The molecule has 1 aromatic heterocycles. The predicted molar refractivity (Wildman–Crippen MR) is 83.1 cm³/mol. The van der Waals surface area contributed by atoms with Crippen molar-refractivity contribution in [2.24, 2.45) is 5.73 Å². The topological polar surface area (TPSA) is 78.0 Å². The predicted octanol–water partition coefficient (Wildman–Crippen LogP) is 2.22. The van der Waals surface area contributed by atoms with Crippen molar-refractivity contribution in [1.82, 2.24) is 9.78 Å². The molecule has 114 valence electrons. The molecule has 2 N–H and O–H groups in total. The fraction of sp³-hybridized carbons (Fsp3) is 0.333. The lowest BCUT2D eigenvalue weighted by Gasteiger charge is -2.03. The molecule has 6 heteroatoms. The van der Waals surface area contributed by atoms with Crippen molar-refractivity contribution < 1.29 is 9.59 Å². The first kappa shape index (κ1) is 19.1. The quantitative estimate of drug-likeness (QED) is 0.939. The number of benzene rings is 1. The van der Waals surface area contributed by atoms with E-state index in [1.54, 1.807) is 0 Å². The van der Waals surface area contributed by atoms with Gasteiger partial charge in [0.05, 0.1) is 12.2 Å². The molecular formula is C15H20ClN3O2. The summed E-state index contributed by atoms with van der Waals surface area (Å²) in [5.41, 5.74) is 10.4. The van der Waals surface area contributed by atoms with Crippen LogP contribution in [0.5, 0.6) is 0 Å². The number of halogens is 1. The first-order valence-electron chi connectivity index (χ1n) is 6.50. The number of hydrogen-bond acceptors (Lipinski definition) is 4. The average molecular weight is 310 g/mol. The summed E-state index contributed by atoms with van der Waals surface area (Å²) >= 11 is 0. The van der Waals surface area contributed by atoms with E-state index in [1.165, 1.54) is 16.8 Å². The van der Waals surface area contributed by atoms with Crippen LogP contribution >= 0.6 is 12.4 Å². The van der Waals surface area contributed by atoms with E-state index in [0.717, 1.165) is 18.7 Å². The van der Waals surface area contributed by atoms with E-state index in [2.05, 4.69) is 49.3 Å². The molecule has 0 fully saturated rings. The third-order valence-electron chi connectivity index (χ3n) is 2.99. The van der Waals surface area contributed by atoms with Gasteiger partial charge in [-0.15, -0.1) is 12.4 Å². The van der Waals surface area contributed by atoms with Crippen LogP contribution in [0.2, 0.25) is 0 Å². The third kappa shape index (κ3) is 5.16. The molecule has 0 amide bonds. The lowest BCUT2D eigenvalue weighted by Crippen LogP contribution is -2.13. The Morgan fingerprint density at radius 1 is 1.29 bits per heavy atom. The summed E-state index contributed by atoms with van der Waals surface area (Å²) in [6.07, 6.45) is 1.24. The largest absolute Gasteiger partial charge is 0.373 e. The highest BCUT2D eigenvalue weighted by atomic mass is 35.5. The monoisotopic (exact) mass is 309 g/mol.